The van der Waals surface area contributed by atoms with E-state index < -0.39 is 0 Å². The molecule has 2 rings (SSSR count). The van der Waals surface area contributed by atoms with Gasteiger partial charge in [-0.1, -0.05) is 11.6 Å². The van der Waals surface area contributed by atoms with Crippen LogP contribution in [-0.4, -0.2) is 48.8 Å². The predicted molar refractivity (Wildman–Crippen MR) is 68.2 cm³/mol. The highest BCUT2D eigenvalue weighted by Gasteiger charge is 2.24. The van der Waals surface area contributed by atoms with E-state index in [1.807, 2.05) is 6.07 Å². The molecule has 0 bridgehead atoms. The Bertz CT molecular complexity index is 375. The van der Waals surface area contributed by atoms with Gasteiger partial charge in [0.15, 0.2) is 0 Å². The van der Waals surface area contributed by atoms with Gasteiger partial charge in [0.2, 0.25) is 0 Å². The smallest absolute Gasteiger partial charge is 0.0856 e. The average Bonchev–Trinajstić information content (AvgIpc) is 2.32. The lowest BCUT2D eigenvalue weighted by Crippen LogP contribution is -2.50. The molecule has 2 atom stereocenters. The first-order valence-electron chi connectivity index (χ1n) is 5.81. The number of rotatable bonds is 3. The Balaban J connectivity index is 1.96. The highest BCUT2D eigenvalue weighted by atomic mass is 35.5. The maximum absolute atomic E-state index is 6.18. The van der Waals surface area contributed by atoms with E-state index in [0.717, 1.165) is 31.7 Å². The van der Waals surface area contributed by atoms with Gasteiger partial charge in [-0.3, -0.25) is 4.98 Å². The summed E-state index contributed by atoms with van der Waals surface area (Å²) in [5.74, 6) is 0. The van der Waals surface area contributed by atoms with Crippen LogP contribution in [0.15, 0.2) is 18.5 Å². The minimum absolute atomic E-state index is 0.0300. The van der Waals surface area contributed by atoms with Crippen LogP contribution in [0.2, 0.25) is 5.02 Å². The van der Waals surface area contributed by atoms with Gasteiger partial charge in [-0.2, -0.15) is 0 Å². The number of aromatic nitrogens is 1. The molecule has 1 aliphatic heterocycles. The van der Waals surface area contributed by atoms with Crippen LogP contribution >= 0.6 is 11.6 Å². The molecule has 1 aromatic heterocycles. The molecule has 0 aromatic carbocycles. The summed E-state index contributed by atoms with van der Waals surface area (Å²) >= 11 is 6.07. The van der Waals surface area contributed by atoms with E-state index in [9.17, 15) is 0 Å². The van der Waals surface area contributed by atoms with E-state index in [1.165, 1.54) is 0 Å². The van der Waals surface area contributed by atoms with Gasteiger partial charge in [0.1, 0.15) is 0 Å². The zero-order chi connectivity index (χ0) is 12.3. The van der Waals surface area contributed by atoms with Crippen molar-refractivity contribution in [1.82, 2.24) is 9.88 Å². The summed E-state index contributed by atoms with van der Waals surface area (Å²) in [4.78, 5) is 6.20. The largest absolute Gasteiger partial charge is 0.374 e. The molecule has 1 aromatic rings. The summed E-state index contributed by atoms with van der Waals surface area (Å²) in [6.07, 6.45) is 4.19. The lowest BCUT2D eigenvalue weighted by Gasteiger charge is -2.33. The van der Waals surface area contributed by atoms with Crippen molar-refractivity contribution in [1.29, 1.82) is 0 Å². The average molecular weight is 256 g/mol. The van der Waals surface area contributed by atoms with Gasteiger partial charge in [-0.05, 0) is 25.1 Å². The second-order valence-electron chi connectivity index (χ2n) is 4.51. The standard InChI is InChI=1S/C12H18ClN3O/c1-16-4-5-17-12(8-16)11(14)6-9-2-3-15-7-10(9)13/h2-3,7,11-12H,4-6,8,14H2,1H3. The van der Waals surface area contributed by atoms with E-state index in [4.69, 9.17) is 22.1 Å². The highest BCUT2D eigenvalue weighted by Crippen LogP contribution is 2.17. The van der Waals surface area contributed by atoms with E-state index in [-0.39, 0.29) is 12.1 Å². The molecule has 2 unspecified atom stereocenters. The molecule has 1 fully saturated rings. The molecule has 17 heavy (non-hydrogen) atoms. The maximum atomic E-state index is 6.18. The van der Waals surface area contributed by atoms with Crippen molar-refractivity contribution < 1.29 is 4.74 Å². The molecule has 0 amide bonds. The molecule has 0 spiro atoms. The molecule has 0 aliphatic carbocycles. The first-order chi connectivity index (χ1) is 8.16. The van der Waals surface area contributed by atoms with E-state index in [1.54, 1.807) is 12.4 Å². The molecule has 1 saturated heterocycles. The molecule has 0 saturated carbocycles. The summed E-state index contributed by atoms with van der Waals surface area (Å²) in [5, 5.41) is 0.673. The van der Waals surface area contributed by atoms with Crippen LogP contribution in [0.5, 0.6) is 0 Å². The first kappa shape index (κ1) is 12.8. The zero-order valence-corrected chi connectivity index (χ0v) is 10.7. The Morgan fingerprint density at radius 2 is 2.53 bits per heavy atom. The van der Waals surface area contributed by atoms with Crippen LogP contribution in [0.25, 0.3) is 0 Å². The summed E-state index contributed by atoms with van der Waals surface area (Å²) in [6.45, 7) is 2.60. The van der Waals surface area contributed by atoms with Gasteiger partial charge in [0.25, 0.3) is 0 Å². The zero-order valence-electron chi connectivity index (χ0n) is 9.97. The van der Waals surface area contributed by atoms with Gasteiger partial charge in [-0.15, -0.1) is 0 Å². The third-order valence-corrected chi connectivity index (χ3v) is 3.43. The number of nitrogens with two attached hydrogens (primary N) is 1. The van der Waals surface area contributed by atoms with Gasteiger partial charge in [0, 0.05) is 31.5 Å². The van der Waals surface area contributed by atoms with Gasteiger partial charge in [-0.25, -0.2) is 0 Å². The lowest BCUT2D eigenvalue weighted by molar-refractivity contribution is -0.0319. The van der Waals surface area contributed by atoms with Crippen LogP contribution in [0.1, 0.15) is 5.56 Å². The molecule has 2 heterocycles. The Labute approximate surface area is 107 Å². The van der Waals surface area contributed by atoms with Crippen LogP contribution in [0.3, 0.4) is 0 Å². The summed E-state index contributed by atoms with van der Waals surface area (Å²) in [6, 6.07) is 1.88. The number of hydrogen-bond acceptors (Lipinski definition) is 4. The quantitative estimate of drug-likeness (QED) is 0.873. The summed E-state index contributed by atoms with van der Waals surface area (Å²) in [7, 11) is 2.08. The van der Waals surface area contributed by atoms with E-state index in [2.05, 4.69) is 16.9 Å². The Hall–Kier alpha value is -0.680. The Morgan fingerprint density at radius 1 is 1.71 bits per heavy atom. The van der Waals surface area contributed by atoms with Crippen molar-refractivity contribution >= 4 is 11.6 Å². The van der Waals surface area contributed by atoms with E-state index >= 15 is 0 Å². The first-order valence-corrected chi connectivity index (χ1v) is 6.18. The van der Waals surface area contributed by atoms with Crippen LogP contribution in [-0.2, 0) is 11.2 Å². The highest BCUT2D eigenvalue weighted by molar-refractivity contribution is 6.31. The maximum Gasteiger partial charge on any atom is 0.0856 e. The van der Waals surface area contributed by atoms with Crippen molar-refractivity contribution in [3.05, 3.63) is 29.0 Å². The number of halogens is 1. The number of nitrogens with zero attached hydrogens (tertiary/aromatic N) is 2. The van der Waals surface area contributed by atoms with E-state index in [0.29, 0.717) is 5.02 Å². The fourth-order valence-electron chi connectivity index (χ4n) is 2.03. The third-order valence-electron chi connectivity index (χ3n) is 3.09. The Kier molecular flexibility index (Phi) is 4.34. The molecule has 94 valence electrons. The lowest BCUT2D eigenvalue weighted by atomic mass is 10.0. The second-order valence-corrected chi connectivity index (χ2v) is 4.91. The van der Waals surface area contributed by atoms with Crippen molar-refractivity contribution in [2.45, 2.75) is 18.6 Å². The monoisotopic (exact) mass is 255 g/mol. The minimum Gasteiger partial charge on any atom is -0.374 e. The van der Waals surface area contributed by atoms with Crippen LogP contribution in [0, 0.1) is 0 Å². The molecule has 2 N–H and O–H groups in total. The number of morpholine rings is 1. The van der Waals surface area contributed by atoms with Crippen molar-refractivity contribution in [3.8, 4) is 0 Å². The van der Waals surface area contributed by atoms with Crippen LogP contribution in [0.4, 0.5) is 0 Å². The number of pyridine rings is 1. The molecule has 4 nitrogen and oxygen atoms in total. The third kappa shape index (κ3) is 3.39. The van der Waals surface area contributed by atoms with Crippen molar-refractivity contribution in [3.63, 3.8) is 0 Å². The molecule has 1 aliphatic rings. The summed E-state index contributed by atoms with van der Waals surface area (Å²) < 4.78 is 5.70. The Morgan fingerprint density at radius 3 is 3.24 bits per heavy atom. The molecular formula is C12H18ClN3O. The molecule has 0 radical (unpaired) electrons. The number of hydrogen-bond donors (Lipinski definition) is 1. The van der Waals surface area contributed by atoms with Crippen molar-refractivity contribution in [2.24, 2.45) is 5.73 Å². The van der Waals surface area contributed by atoms with Crippen molar-refractivity contribution in [2.75, 3.05) is 26.7 Å². The van der Waals surface area contributed by atoms with Gasteiger partial charge in [0.05, 0.1) is 17.7 Å². The van der Waals surface area contributed by atoms with Gasteiger partial charge < -0.3 is 15.4 Å². The molecule has 5 heteroatoms. The number of ether oxygens (including phenoxy) is 1. The minimum atomic E-state index is -0.0300. The van der Waals surface area contributed by atoms with Gasteiger partial charge >= 0.3 is 0 Å². The second kappa shape index (κ2) is 5.78. The molecular weight excluding hydrogens is 238 g/mol. The predicted octanol–water partition coefficient (Wildman–Crippen LogP) is 0.935. The normalized spacial score (nSPS) is 23.6. The number of likely N-dealkylation sites (N-methyl/N-ethyl adjacent to an activating group) is 1. The van der Waals surface area contributed by atoms with Crippen LogP contribution < -0.4 is 5.73 Å². The fraction of sp³-hybridized carbons (Fsp3) is 0.583. The SMILES string of the molecule is CN1CCOC(C(N)Cc2ccncc2Cl)C1. The summed E-state index contributed by atoms with van der Waals surface area (Å²) in [5.41, 5.74) is 7.21. The topological polar surface area (TPSA) is 51.4 Å². The fourth-order valence-corrected chi connectivity index (χ4v) is 2.22.